The number of nitrogens with zero attached hydrogens (tertiary/aromatic N) is 2. The normalized spacial score (nSPS) is 15.8. The Bertz CT molecular complexity index is 1400. The van der Waals surface area contributed by atoms with Gasteiger partial charge in [0.05, 0.1) is 21.7 Å². The van der Waals surface area contributed by atoms with E-state index < -0.39 is 10.0 Å². The Balaban J connectivity index is 1.33. The summed E-state index contributed by atoms with van der Waals surface area (Å²) in [5, 5.41) is 0. The van der Waals surface area contributed by atoms with Gasteiger partial charge in [-0.1, -0.05) is 72.0 Å². The van der Waals surface area contributed by atoms with Crippen LogP contribution >= 0.6 is 11.3 Å². The van der Waals surface area contributed by atoms with Crippen LogP contribution in [-0.4, -0.2) is 30.4 Å². The van der Waals surface area contributed by atoms with E-state index in [4.69, 9.17) is 0 Å². The summed E-state index contributed by atoms with van der Waals surface area (Å²) in [5.74, 6) is 0.499. The van der Waals surface area contributed by atoms with Crippen molar-refractivity contribution in [1.29, 1.82) is 0 Å². The average Bonchev–Trinajstić information content (AvgIpc) is 3.15. The predicted molar refractivity (Wildman–Crippen MR) is 133 cm³/mol. The first kappa shape index (κ1) is 22.1. The molecule has 0 spiro atoms. The Morgan fingerprint density at radius 1 is 0.848 bits per heavy atom. The molecule has 0 unspecified atom stereocenters. The molecule has 0 N–H and O–H groups in total. The molecule has 1 saturated heterocycles. The summed E-state index contributed by atoms with van der Waals surface area (Å²) >= 11 is 1.10. The molecule has 1 aliphatic heterocycles. The lowest BCUT2D eigenvalue weighted by atomic mass is 9.91. The lowest BCUT2D eigenvalue weighted by molar-refractivity contribution is 0.273. The van der Waals surface area contributed by atoms with Gasteiger partial charge in [-0.3, -0.25) is 9.36 Å². The van der Waals surface area contributed by atoms with Gasteiger partial charge in [0.1, 0.15) is 0 Å². The average molecular weight is 479 g/mol. The number of rotatable bonds is 6. The minimum absolute atomic E-state index is 0.0786. The van der Waals surface area contributed by atoms with Gasteiger partial charge in [0.15, 0.2) is 0 Å². The maximum atomic E-state index is 13.3. The maximum Gasteiger partial charge on any atom is 0.308 e. The monoisotopic (exact) mass is 478 g/mol. The molecule has 0 saturated carbocycles. The van der Waals surface area contributed by atoms with Crippen molar-refractivity contribution in [3.63, 3.8) is 0 Å². The van der Waals surface area contributed by atoms with Crippen LogP contribution in [0, 0.1) is 5.92 Å². The zero-order chi connectivity index (χ0) is 22.8. The van der Waals surface area contributed by atoms with Gasteiger partial charge >= 0.3 is 4.87 Å². The molecule has 0 bridgehead atoms. The van der Waals surface area contributed by atoms with Crippen molar-refractivity contribution in [3.8, 4) is 0 Å². The molecule has 0 amide bonds. The molecular formula is C26H26N2O3S2. The molecule has 7 heteroatoms. The van der Waals surface area contributed by atoms with Gasteiger partial charge in [-0.25, -0.2) is 8.42 Å². The molecule has 1 aliphatic rings. The van der Waals surface area contributed by atoms with Crippen LogP contribution in [0.5, 0.6) is 0 Å². The SMILES string of the molecule is O=c1sc2cc(S(=O)(=O)N3CCC(Cc4ccccc4)CC3)ccc2n1Cc1ccccc1. The molecule has 1 aromatic heterocycles. The van der Waals surface area contributed by atoms with E-state index in [2.05, 4.69) is 12.1 Å². The topological polar surface area (TPSA) is 59.4 Å². The van der Waals surface area contributed by atoms with Crippen LogP contribution in [0.3, 0.4) is 0 Å². The third-order valence-electron chi connectivity index (χ3n) is 6.40. The second-order valence-corrected chi connectivity index (χ2v) is 11.5. The van der Waals surface area contributed by atoms with Crippen LogP contribution in [0.25, 0.3) is 10.2 Å². The number of aromatic nitrogens is 1. The van der Waals surface area contributed by atoms with E-state index in [0.29, 0.717) is 30.3 Å². The Morgan fingerprint density at radius 3 is 2.15 bits per heavy atom. The zero-order valence-electron chi connectivity index (χ0n) is 18.3. The van der Waals surface area contributed by atoms with Crippen LogP contribution in [-0.2, 0) is 23.0 Å². The highest BCUT2D eigenvalue weighted by atomic mass is 32.2. The van der Waals surface area contributed by atoms with Crippen LogP contribution in [0.2, 0.25) is 0 Å². The highest BCUT2D eigenvalue weighted by Crippen LogP contribution is 2.28. The Hall–Kier alpha value is -2.74. The van der Waals surface area contributed by atoms with Gasteiger partial charge in [0, 0.05) is 13.1 Å². The van der Waals surface area contributed by atoms with Crippen molar-refractivity contribution >= 4 is 31.6 Å². The second-order valence-electron chi connectivity index (χ2n) is 8.61. The summed E-state index contributed by atoms with van der Waals surface area (Å²) in [4.78, 5) is 12.8. The summed E-state index contributed by atoms with van der Waals surface area (Å²) in [6.45, 7) is 1.53. The molecular weight excluding hydrogens is 452 g/mol. The molecule has 4 aromatic rings. The molecule has 5 rings (SSSR count). The number of piperidine rings is 1. The van der Waals surface area contributed by atoms with E-state index in [1.807, 2.05) is 48.5 Å². The van der Waals surface area contributed by atoms with Crippen molar-refractivity contribution in [2.45, 2.75) is 30.7 Å². The number of hydrogen-bond donors (Lipinski definition) is 0. The van der Waals surface area contributed by atoms with Gasteiger partial charge in [-0.05, 0) is 54.5 Å². The molecule has 0 radical (unpaired) electrons. The molecule has 1 fully saturated rings. The Labute approximate surface area is 198 Å². The van der Waals surface area contributed by atoms with Crippen molar-refractivity contribution in [1.82, 2.24) is 8.87 Å². The first-order valence-corrected chi connectivity index (χ1v) is 13.5. The number of benzene rings is 3. The van der Waals surface area contributed by atoms with Crippen molar-refractivity contribution in [2.75, 3.05) is 13.1 Å². The lowest BCUT2D eigenvalue weighted by Crippen LogP contribution is -2.38. The van der Waals surface area contributed by atoms with Crippen LogP contribution < -0.4 is 4.87 Å². The summed E-state index contributed by atoms with van der Waals surface area (Å²) in [7, 11) is -3.58. The summed E-state index contributed by atoms with van der Waals surface area (Å²) in [6, 6.07) is 25.3. The van der Waals surface area contributed by atoms with E-state index in [1.165, 1.54) is 5.56 Å². The van der Waals surface area contributed by atoms with Crippen LogP contribution in [0.1, 0.15) is 24.0 Å². The number of thiazole rings is 1. The minimum Gasteiger partial charge on any atom is -0.294 e. The van der Waals surface area contributed by atoms with Crippen molar-refractivity contribution in [3.05, 3.63) is 99.7 Å². The van der Waals surface area contributed by atoms with E-state index in [9.17, 15) is 13.2 Å². The number of sulfonamides is 1. The quantitative estimate of drug-likeness (QED) is 0.402. The highest BCUT2D eigenvalue weighted by molar-refractivity contribution is 7.89. The van der Waals surface area contributed by atoms with Crippen LogP contribution in [0.4, 0.5) is 0 Å². The molecule has 0 aliphatic carbocycles. The smallest absolute Gasteiger partial charge is 0.294 e. The van der Waals surface area contributed by atoms with E-state index in [1.54, 1.807) is 27.1 Å². The van der Waals surface area contributed by atoms with E-state index in [-0.39, 0.29) is 9.77 Å². The molecule has 33 heavy (non-hydrogen) atoms. The van der Waals surface area contributed by atoms with Crippen molar-refractivity contribution in [2.24, 2.45) is 5.92 Å². The fourth-order valence-electron chi connectivity index (χ4n) is 4.57. The van der Waals surface area contributed by atoms with E-state index >= 15 is 0 Å². The fourth-order valence-corrected chi connectivity index (χ4v) is 7.07. The van der Waals surface area contributed by atoms with Gasteiger partial charge in [0.25, 0.3) is 0 Å². The first-order chi connectivity index (χ1) is 16.0. The fraction of sp³-hybridized carbons (Fsp3) is 0.269. The number of fused-ring (bicyclic) bond motifs is 1. The summed E-state index contributed by atoms with van der Waals surface area (Å²) in [6.07, 6.45) is 2.71. The summed E-state index contributed by atoms with van der Waals surface area (Å²) < 4.78 is 30.7. The standard InChI is InChI=1S/C26H26N2O3S2/c29-26-28(19-22-9-5-2-6-10-22)24-12-11-23(18-25(24)32-26)33(30,31)27-15-13-21(14-16-27)17-20-7-3-1-4-8-20/h1-12,18,21H,13-17,19H2. The zero-order valence-corrected chi connectivity index (χ0v) is 19.9. The first-order valence-electron chi connectivity index (χ1n) is 11.2. The van der Waals surface area contributed by atoms with E-state index in [0.717, 1.165) is 41.7 Å². The molecule has 5 nitrogen and oxygen atoms in total. The third-order valence-corrected chi connectivity index (χ3v) is 9.24. The lowest BCUT2D eigenvalue weighted by Gasteiger charge is -2.31. The van der Waals surface area contributed by atoms with Gasteiger partial charge < -0.3 is 0 Å². The molecule has 170 valence electrons. The predicted octanol–water partition coefficient (Wildman–Crippen LogP) is 4.75. The second kappa shape index (κ2) is 9.25. The Morgan fingerprint density at radius 2 is 1.48 bits per heavy atom. The Kier molecular flexibility index (Phi) is 6.19. The van der Waals surface area contributed by atoms with Crippen molar-refractivity contribution < 1.29 is 8.42 Å². The van der Waals surface area contributed by atoms with Gasteiger partial charge in [-0.2, -0.15) is 4.31 Å². The maximum absolute atomic E-state index is 13.3. The van der Waals surface area contributed by atoms with Crippen LogP contribution in [0.15, 0.2) is 88.6 Å². The van der Waals surface area contributed by atoms with Gasteiger partial charge in [0.2, 0.25) is 10.0 Å². The summed E-state index contributed by atoms with van der Waals surface area (Å²) in [5.41, 5.74) is 3.11. The minimum atomic E-state index is -3.58. The molecule has 2 heterocycles. The highest BCUT2D eigenvalue weighted by Gasteiger charge is 2.30. The molecule has 0 atom stereocenters. The molecule has 3 aromatic carbocycles. The number of hydrogen-bond acceptors (Lipinski definition) is 4. The third kappa shape index (κ3) is 4.67. The largest absolute Gasteiger partial charge is 0.308 e. The van der Waals surface area contributed by atoms with Gasteiger partial charge in [-0.15, -0.1) is 0 Å².